The van der Waals surface area contributed by atoms with Crippen LogP contribution in [0.2, 0.25) is 0 Å². The van der Waals surface area contributed by atoms with Gasteiger partial charge in [0.15, 0.2) is 0 Å². The average Bonchev–Trinajstić information content (AvgIpc) is 3.15. The number of aromatic carboxylic acids is 2. The molecule has 0 amide bonds. The summed E-state index contributed by atoms with van der Waals surface area (Å²) < 4.78 is 0. The van der Waals surface area contributed by atoms with Crippen LogP contribution in [-0.4, -0.2) is 34.5 Å². The number of benzene rings is 3. The molecule has 6 N–H and O–H groups in total. The molecular weight excluding hydrogens is 394 g/mol. The third kappa shape index (κ3) is 3.98. The van der Waals surface area contributed by atoms with Crippen LogP contribution in [0.25, 0.3) is 11.1 Å². The van der Waals surface area contributed by atoms with Crippen molar-refractivity contribution in [1.29, 1.82) is 5.41 Å². The molecule has 7 nitrogen and oxygen atoms in total. The Kier molecular flexibility index (Phi) is 5.17. The van der Waals surface area contributed by atoms with Gasteiger partial charge in [-0.2, -0.15) is 0 Å². The first-order valence-corrected chi connectivity index (χ1v) is 9.75. The maximum Gasteiger partial charge on any atom is 0.336 e. The van der Waals surface area contributed by atoms with Gasteiger partial charge in [-0.25, -0.2) is 9.59 Å². The Morgan fingerprint density at radius 3 is 2.48 bits per heavy atom. The van der Waals surface area contributed by atoms with Crippen molar-refractivity contribution >= 4 is 23.5 Å². The zero-order valence-electron chi connectivity index (χ0n) is 16.6. The van der Waals surface area contributed by atoms with E-state index in [0.717, 1.165) is 35.3 Å². The minimum Gasteiger partial charge on any atom is -0.478 e. The smallest absolute Gasteiger partial charge is 0.336 e. The Labute approximate surface area is 178 Å². The highest BCUT2D eigenvalue weighted by molar-refractivity contribution is 5.99. The maximum atomic E-state index is 11.7. The predicted molar refractivity (Wildman–Crippen MR) is 118 cm³/mol. The van der Waals surface area contributed by atoms with Crippen molar-refractivity contribution in [2.45, 2.75) is 12.3 Å². The van der Waals surface area contributed by atoms with Gasteiger partial charge in [0.05, 0.1) is 11.1 Å². The number of fused-ring (bicyclic) bond motifs is 1. The Bertz CT molecular complexity index is 1220. The summed E-state index contributed by atoms with van der Waals surface area (Å²) in [5.74, 6) is -2.12. The number of rotatable bonds is 6. The summed E-state index contributed by atoms with van der Waals surface area (Å²) in [5, 5.41) is 29.8. The molecule has 0 radical (unpaired) electrons. The second-order valence-corrected chi connectivity index (χ2v) is 7.57. The van der Waals surface area contributed by atoms with Crippen LogP contribution < -0.4 is 11.1 Å². The number of carbonyl (C=O) groups is 2. The number of nitrogens with two attached hydrogens (primary N) is 1. The average molecular weight is 415 g/mol. The summed E-state index contributed by atoms with van der Waals surface area (Å²) in [6.45, 7) is 0.759. The van der Waals surface area contributed by atoms with Crippen molar-refractivity contribution in [1.82, 2.24) is 0 Å². The van der Waals surface area contributed by atoms with Crippen LogP contribution in [0, 0.1) is 5.41 Å². The number of hydrogen-bond donors (Lipinski definition) is 5. The lowest BCUT2D eigenvalue weighted by Gasteiger charge is -2.13. The predicted octanol–water partition coefficient (Wildman–Crippen LogP) is 3.79. The fourth-order valence-electron chi connectivity index (χ4n) is 4.01. The van der Waals surface area contributed by atoms with Crippen LogP contribution in [0.3, 0.4) is 0 Å². The van der Waals surface area contributed by atoms with E-state index in [4.69, 9.17) is 16.2 Å². The number of hydrogen-bond acceptors (Lipinski definition) is 4. The first-order valence-electron chi connectivity index (χ1n) is 9.75. The van der Waals surface area contributed by atoms with Crippen molar-refractivity contribution in [2.24, 2.45) is 5.73 Å². The second kappa shape index (κ2) is 7.95. The van der Waals surface area contributed by atoms with Crippen molar-refractivity contribution < 1.29 is 19.8 Å². The van der Waals surface area contributed by atoms with Crippen molar-refractivity contribution in [3.05, 3.63) is 88.5 Å². The molecule has 0 aromatic heterocycles. The number of nitrogens with one attached hydrogen (secondary N) is 2. The van der Waals surface area contributed by atoms with Gasteiger partial charge < -0.3 is 21.3 Å². The van der Waals surface area contributed by atoms with Gasteiger partial charge in [-0.1, -0.05) is 30.3 Å². The number of amidine groups is 1. The lowest BCUT2D eigenvalue weighted by atomic mass is 9.90. The zero-order valence-corrected chi connectivity index (χ0v) is 16.6. The van der Waals surface area contributed by atoms with Gasteiger partial charge >= 0.3 is 11.9 Å². The highest BCUT2D eigenvalue weighted by Crippen LogP contribution is 2.35. The van der Waals surface area contributed by atoms with E-state index < -0.39 is 11.9 Å². The molecule has 0 fully saturated rings. The standard InChI is InChI=1S/C24H21N3O4/c25-22(26)15-5-7-21-19(10-15)17(12-27-21)9-13-2-1-3-14(8-13)18-6-4-16(23(28)29)11-20(18)24(30)31/h1-8,10-11,17,27H,9,12H2,(H3,25,26)(H,28,29)(H,30,31). The normalized spacial score (nSPS) is 14.5. The molecule has 0 spiro atoms. The Morgan fingerprint density at radius 2 is 1.77 bits per heavy atom. The number of nitrogen functional groups attached to an aromatic ring is 1. The van der Waals surface area contributed by atoms with E-state index in [1.54, 1.807) is 0 Å². The van der Waals surface area contributed by atoms with Crippen LogP contribution in [0.1, 0.15) is 43.3 Å². The Hall–Kier alpha value is -4.13. The first kappa shape index (κ1) is 20.2. The van der Waals surface area contributed by atoms with Gasteiger partial charge in [0.1, 0.15) is 5.84 Å². The van der Waals surface area contributed by atoms with Gasteiger partial charge in [-0.15, -0.1) is 0 Å². The van der Waals surface area contributed by atoms with E-state index in [-0.39, 0.29) is 22.9 Å². The molecule has 0 aliphatic carbocycles. The molecule has 0 saturated heterocycles. The van der Waals surface area contributed by atoms with Crippen LogP contribution in [0.4, 0.5) is 5.69 Å². The SMILES string of the molecule is N=C(N)c1ccc2c(c1)C(Cc1cccc(-c3ccc(C(=O)O)cc3C(=O)O)c1)CN2. The van der Waals surface area contributed by atoms with E-state index in [2.05, 4.69) is 5.32 Å². The van der Waals surface area contributed by atoms with Crippen molar-refractivity contribution in [2.75, 3.05) is 11.9 Å². The lowest BCUT2D eigenvalue weighted by Crippen LogP contribution is -2.11. The van der Waals surface area contributed by atoms with E-state index >= 15 is 0 Å². The summed E-state index contributed by atoms with van der Waals surface area (Å²) in [4.78, 5) is 22.9. The summed E-state index contributed by atoms with van der Waals surface area (Å²) in [6.07, 6.45) is 0.727. The number of carboxylic acids is 2. The van der Waals surface area contributed by atoms with Crippen LogP contribution in [0.5, 0.6) is 0 Å². The van der Waals surface area contributed by atoms with E-state index in [1.807, 2.05) is 42.5 Å². The van der Waals surface area contributed by atoms with Gasteiger partial charge in [0.2, 0.25) is 0 Å². The minimum absolute atomic E-state index is 0.0291. The molecule has 1 heterocycles. The molecule has 1 aliphatic rings. The van der Waals surface area contributed by atoms with Gasteiger partial charge in [0.25, 0.3) is 0 Å². The quantitative estimate of drug-likeness (QED) is 0.307. The molecule has 0 bridgehead atoms. The topological polar surface area (TPSA) is 136 Å². The highest BCUT2D eigenvalue weighted by atomic mass is 16.4. The maximum absolute atomic E-state index is 11.7. The second-order valence-electron chi connectivity index (χ2n) is 7.57. The molecule has 1 atom stereocenters. The van der Waals surface area contributed by atoms with Crippen LogP contribution >= 0.6 is 0 Å². The third-order valence-electron chi connectivity index (χ3n) is 5.56. The lowest BCUT2D eigenvalue weighted by molar-refractivity contribution is 0.0696. The molecule has 3 aromatic carbocycles. The van der Waals surface area contributed by atoms with Gasteiger partial charge in [-0.05, 0) is 59.0 Å². The molecule has 3 aromatic rings. The van der Waals surface area contributed by atoms with E-state index in [1.165, 1.54) is 18.2 Å². The summed E-state index contributed by atoms with van der Waals surface area (Å²) >= 11 is 0. The fraction of sp³-hybridized carbons (Fsp3) is 0.125. The van der Waals surface area contributed by atoms with Gasteiger partial charge in [0, 0.05) is 23.7 Å². The van der Waals surface area contributed by atoms with Crippen LogP contribution in [-0.2, 0) is 6.42 Å². The first-order chi connectivity index (χ1) is 14.8. The molecule has 0 saturated carbocycles. The van der Waals surface area contributed by atoms with E-state index in [0.29, 0.717) is 11.1 Å². The molecule has 31 heavy (non-hydrogen) atoms. The zero-order chi connectivity index (χ0) is 22.1. The highest BCUT2D eigenvalue weighted by Gasteiger charge is 2.23. The molecule has 1 aliphatic heterocycles. The molecule has 156 valence electrons. The minimum atomic E-state index is -1.17. The van der Waals surface area contributed by atoms with Crippen molar-refractivity contribution in [3.8, 4) is 11.1 Å². The number of anilines is 1. The fourth-order valence-corrected chi connectivity index (χ4v) is 4.01. The third-order valence-corrected chi connectivity index (χ3v) is 5.56. The molecule has 7 heteroatoms. The Balaban J connectivity index is 1.66. The van der Waals surface area contributed by atoms with Crippen LogP contribution in [0.15, 0.2) is 60.7 Å². The van der Waals surface area contributed by atoms with Crippen molar-refractivity contribution in [3.63, 3.8) is 0 Å². The largest absolute Gasteiger partial charge is 0.478 e. The molecular formula is C24H21N3O4. The van der Waals surface area contributed by atoms with Gasteiger partial charge in [-0.3, -0.25) is 5.41 Å². The summed E-state index contributed by atoms with van der Waals surface area (Å²) in [6, 6.07) is 17.5. The monoisotopic (exact) mass is 415 g/mol. The number of carboxylic acid groups (broad SMARTS) is 2. The van der Waals surface area contributed by atoms with E-state index in [9.17, 15) is 14.7 Å². The molecule has 4 rings (SSSR count). The Morgan fingerprint density at radius 1 is 1.00 bits per heavy atom. The summed E-state index contributed by atoms with van der Waals surface area (Å²) in [7, 11) is 0. The molecule has 1 unspecified atom stereocenters. The summed E-state index contributed by atoms with van der Waals surface area (Å²) in [5.41, 5.74) is 10.6.